The number of urea groups is 1. The number of benzene rings is 1. The van der Waals surface area contributed by atoms with E-state index < -0.39 is 0 Å². The maximum atomic E-state index is 11.6. The summed E-state index contributed by atoms with van der Waals surface area (Å²) in [6.07, 6.45) is 1.09. The molecule has 1 saturated heterocycles. The van der Waals surface area contributed by atoms with E-state index in [1.54, 1.807) is 0 Å². The molecule has 0 aromatic heterocycles. The van der Waals surface area contributed by atoms with Gasteiger partial charge in [0.15, 0.2) is 0 Å². The second kappa shape index (κ2) is 7.03. The van der Waals surface area contributed by atoms with Crippen LogP contribution in [0.25, 0.3) is 0 Å². The van der Waals surface area contributed by atoms with Gasteiger partial charge in [-0.25, -0.2) is 4.79 Å². The lowest BCUT2D eigenvalue weighted by atomic mass is 10.1. The molecule has 2 rings (SSSR count). The summed E-state index contributed by atoms with van der Waals surface area (Å²) in [5.41, 5.74) is 2.45. The van der Waals surface area contributed by atoms with Gasteiger partial charge in [-0.2, -0.15) is 0 Å². The first-order chi connectivity index (χ1) is 9.95. The van der Waals surface area contributed by atoms with Crippen LogP contribution in [0.1, 0.15) is 25.8 Å². The number of rotatable bonds is 4. The number of aryl methyl sites for hydroxylation is 1. The Bertz CT molecular complexity index is 504. The van der Waals surface area contributed by atoms with E-state index in [2.05, 4.69) is 28.5 Å². The molecule has 0 aliphatic carbocycles. The molecule has 1 aromatic rings. The van der Waals surface area contributed by atoms with E-state index in [1.165, 1.54) is 11.3 Å². The van der Waals surface area contributed by atoms with Gasteiger partial charge in [-0.05, 0) is 50.8 Å². The average Bonchev–Trinajstić information content (AvgIpc) is 2.87. The second-order valence-corrected chi connectivity index (χ2v) is 6.48. The lowest BCUT2D eigenvalue weighted by Gasteiger charge is -2.21. The Morgan fingerprint density at radius 3 is 2.95 bits per heavy atom. The van der Waals surface area contributed by atoms with Gasteiger partial charge in [0.05, 0.1) is 0 Å². The molecule has 2 N–H and O–H groups in total. The zero-order valence-electron chi connectivity index (χ0n) is 12.9. The summed E-state index contributed by atoms with van der Waals surface area (Å²) in [6, 6.07) is 6.09. The Labute approximate surface area is 131 Å². The van der Waals surface area contributed by atoms with Crippen molar-refractivity contribution in [2.24, 2.45) is 5.92 Å². The highest BCUT2D eigenvalue weighted by atomic mass is 35.5. The number of nitrogens with zero attached hydrogens (tertiary/aromatic N) is 1. The average molecular weight is 310 g/mol. The fourth-order valence-electron chi connectivity index (χ4n) is 2.69. The highest BCUT2D eigenvalue weighted by Gasteiger charge is 2.24. The van der Waals surface area contributed by atoms with Gasteiger partial charge in [-0.1, -0.05) is 17.7 Å². The third-order valence-corrected chi connectivity index (χ3v) is 4.00. The van der Waals surface area contributed by atoms with Crippen LogP contribution in [0.2, 0.25) is 5.02 Å². The predicted octanol–water partition coefficient (Wildman–Crippen LogP) is 3.18. The largest absolute Gasteiger partial charge is 0.371 e. The third kappa shape index (κ3) is 4.53. The molecule has 1 fully saturated rings. The number of halogens is 1. The van der Waals surface area contributed by atoms with E-state index in [4.69, 9.17) is 11.6 Å². The molecule has 2 amide bonds. The number of anilines is 1. The van der Waals surface area contributed by atoms with Crippen molar-refractivity contribution in [2.45, 2.75) is 33.2 Å². The summed E-state index contributed by atoms with van der Waals surface area (Å²) in [4.78, 5) is 14.0. The Morgan fingerprint density at radius 1 is 1.48 bits per heavy atom. The first-order valence-corrected chi connectivity index (χ1v) is 7.89. The van der Waals surface area contributed by atoms with Gasteiger partial charge in [0.25, 0.3) is 0 Å². The van der Waals surface area contributed by atoms with Crippen LogP contribution >= 0.6 is 11.6 Å². The topological polar surface area (TPSA) is 44.4 Å². The number of hydrogen-bond donors (Lipinski definition) is 2. The normalized spacial score (nSPS) is 18.1. The van der Waals surface area contributed by atoms with Crippen LogP contribution in [0.5, 0.6) is 0 Å². The smallest absolute Gasteiger partial charge is 0.314 e. The minimum absolute atomic E-state index is 0.0811. The lowest BCUT2D eigenvalue weighted by molar-refractivity contribution is 0.237. The monoisotopic (exact) mass is 309 g/mol. The molecule has 116 valence electrons. The Hall–Kier alpha value is -1.42. The lowest BCUT2D eigenvalue weighted by Crippen LogP contribution is -2.41. The number of carbonyl (C=O) groups excluding carboxylic acids is 1. The highest BCUT2D eigenvalue weighted by Crippen LogP contribution is 2.29. The fourth-order valence-corrected chi connectivity index (χ4v) is 2.86. The predicted molar refractivity (Wildman–Crippen MR) is 88.2 cm³/mol. The number of nitrogens with one attached hydrogen (secondary N) is 2. The van der Waals surface area contributed by atoms with Crippen LogP contribution in [-0.4, -0.2) is 31.7 Å². The molecule has 1 aromatic carbocycles. The van der Waals surface area contributed by atoms with Crippen LogP contribution < -0.4 is 15.5 Å². The first kappa shape index (κ1) is 16.0. The molecule has 0 bridgehead atoms. The van der Waals surface area contributed by atoms with Gasteiger partial charge >= 0.3 is 6.03 Å². The van der Waals surface area contributed by atoms with Crippen molar-refractivity contribution in [2.75, 3.05) is 24.5 Å². The Morgan fingerprint density at radius 2 is 2.24 bits per heavy atom. The fraction of sp³-hybridized carbons (Fsp3) is 0.562. The zero-order valence-corrected chi connectivity index (χ0v) is 13.7. The minimum atomic E-state index is -0.0811. The van der Waals surface area contributed by atoms with Crippen molar-refractivity contribution in [1.82, 2.24) is 10.6 Å². The zero-order chi connectivity index (χ0) is 15.4. The summed E-state index contributed by atoms with van der Waals surface area (Å²) in [5.74, 6) is 0.487. The number of carbonyl (C=O) groups is 1. The summed E-state index contributed by atoms with van der Waals surface area (Å²) in [5, 5.41) is 6.57. The van der Waals surface area contributed by atoms with Crippen molar-refractivity contribution in [3.63, 3.8) is 0 Å². The Kier molecular flexibility index (Phi) is 5.34. The SMILES string of the molecule is Cc1ccc(Cl)cc1N1CCC(CNC(=O)NC(C)C)C1. The summed E-state index contributed by atoms with van der Waals surface area (Å²) in [6.45, 7) is 8.71. The highest BCUT2D eigenvalue weighted by molar-refractivity contribution is 6.30. The van der Waals surface area contributed by atoms with Crippen LogP contribution in [0.4, 0.5) is 10.5 Å². The van der Waals surface area contributed by atoms with Crippen LogP contribution in [-0.2, 0) is 0 Å². The summed E-state index contributed by atoms with van der Waals surface area (Å²) >= 11 is 6.09. The Balaban J connectivity index is 1.86. The van der Waals surface area contributed by atoms with Crippen molar-refractivity contribution in [3.05, 3.63) is 28.8 Å². The minimum Gasteiger partial charge on any atom is -0.371 e. The van der Waals surface area contributed by atoms with E-state index in [0.717, 1.165) is 24.5 Å². The van der Waals surface area contributed by atoms with E-state index in [1.807, 2.05) is 26.0 Å². The van der Waals surface area contributed by atoms with Crippen LogP contribution in [0.15, 0.2) is 18.2 Å². The molecule has 5 heteroatoms. The van der Waals surface area contributed by atoms with Crippen molar-refractivity contribution >= 4 is 23.3 Å². The summed E-state index contributed by atoms with van der Waals surface area (Å²) < 4.78 is 0. The molecule has 1 atom stereocenters. The molecule has 1 aliphatic heterocycles. The van der Waals surface area contributed by atoms with Crippen molar-refractivity contribution < 1.29 is 4.79 Å². The first-order valence-electron chi connectivity index (χ1n) is 7.51. The standard InChI is InChI=1S/C16H24ClN3O/c1-11(2)19-16(21)18-9-13-6-7-20(10-13)15-8-14(17)5-4-12(15)3/h4-5,8,11,13H,6-7,9-10H2,1-3H3,(H2,18,19,21). The van der Waals surface area contributed by atoms with Gasteiger partial charge in [-0.15, -0.1) is 0 Å². The van der Waals surface area contributed by atoms with Gasteiger partial charge in [0.2, 0.25) is 0 Å². The van der Waals surface area contributed by atoms with Gasteiger partial charge in [0.1, 0.15) is 0 Å². The van der Waals surface area contributed by atoms with E-state index in [9.17, 15) is 4.79 Å². The molecule has 0 spiro atoms. The molecular weight excluding hydrogens is 286 g/mol. The molecule has 1 aliphatic rings. The molecule has 0 radical (unpaired) electrons. The van der Waals surface area contributed by atoms with Crippen molar-refractivity contribution in [3.8, 4) is 0 Å². The maximum Gasteiger partial charge on any atom is 0.314 e. The second-order valence-electron chi connectivity index (χ2n) is 6.04. The molecule has 0 saturated carbocycles. The van der Waals surface area contributed by atoms with Gasteiger partial charge < -0.3 is 15.5 Å². The molecule has 1 unspecified atom stereocenters. The molecule has 21 heavy (non-hydrogen) atoms. The van der Waals surface area contributed by atoms with Crippen molar-refractivity contribution in [1.29, 1.82) is 0 Å². The van der Waals surface area contributed by atoms with E-state index >= 15 is 0 Å². The molecule has 4 nitrogen and oxygen atoms in total. The van der Waals surface area contributed by atoms with E-state index in [-0.39, 0.29) is 12.1 Å². The molecule has 1 heterocycles. The quantitative estimate of drug-likeness (QED) is 0.897. The van der Waals surface area contributed by atoms with Crippen LogP contribution in [0.3, 0.4) is 0 Å². The molecular formula is C16H24ClN3O. The number of hydrogen-bond acceptors (Lipinski definition) is 2. The third-order valence-electron chi connectivity index (χ3n) is 3.77. The summed E-state index contributed by atoms with van der Waals surface area (Å²) in [7, 11) is 0. The van der Waals surface area contributed by atoms with Gasteiger partial charge in [-0.3, -0.25) is 0 Å². The maximum absolute atomic E-state index is 11.6. The number of amides is 2. The van der Waals surface area contributed by atoms with E-state index in [0.29, 0.717) is 12.5 Å². The van der Waals surface area contributed by atoms with Crippen LogP contribution in [0, 0.1) is 12.8 Å². The van der Waals surface area contributed by atoms with Gasteiger partial charge in [0, 0.05) is 36.4 Å².